The summed E-state index contributed by atoms with van der Waals surface area (Å²) >= 11 is 0. The van der Waals surface area contributed by atoms with Crippen molar-refractivity contribution < 1.29 is 27.8 Å². The largest absolute Gasteiger partial charge is 0.481 e. The smallest absolute Gasteiger partial charge is 0.453 e. The third-order valence-corrected chi connectivity index (χ3v) is 3.14. The molecule has 2 rings (SSSR count). The number of ether oxygens (including phenoxy) is 1. The Balaban J connectivity index is 2.28. The SMILES string of the molecule is O=C(O)C1(Cn2nnnc2C(F)(F)F)CCOCC1. The number of alkyl halides is 3. The van der Waals surface area contributed by atoms with Crippen molar-refractivity contribution in [2.75, 3.05) is 13.2 Å². The van der Waals surface area contributed by atoms with Crippen molar-refractivity contribution in [3.8, 4) is 0 Å². The van der Waals surface area contributed by atoms with Gasteiger partial charge in [-0.2, -0.15) is 13.2 Å². The molecule has 1 aliphatic rings. The average Bonchev–Trinajstić information content (AvgIpc) is 2.78. The van der Waals surface area contributed by atoms with E-state index in [1.807, 2.05) is 0 Å². The summed E-state index contributed by atoms with van der Waals surface area (Å²) in [6.45, 7) is -0.0426. The second-order valence-electron chi connectivity index (χ2n) is 4.36. The van der Waals surface area contributed by atoms with E-state index in [1.165, 1.54) is 0 Å². The van der Waals surface area contributed by atoms with Crippen molar-refractivity contribution in [2.45, 2.75) is 25.6 Å². The first-order valence-corrected chi connectivity index (χ1v) is 5.50. The normalized spacial score (nSPS) is 19.3. The second-order valence-corrected chi connectivity index (χ2v) is 4.36. The van der Waals surface area contributed by atoms with Crippen LogP contribution in [0.2, 0.25) is 0 Å². The number of hydrogen-bond acceptors (Lipinski definition) is 5. The first-order chi connectivity index (χ1) is 8.85. The maximum atomic E-state index is 12.6. The Bertz CT molecular complexity index is 468. The van der Waals surface area contributed by atoms with Gasteiger partial charge in [0.1, 0.15) is 0 Å². The molecule has 1 N–H and O–H groups in total. The van der Waals surface area contributed by atoms with Crippen LogP contribution in [0.25, 0.3) is 0 Å². The number of nitrogens with zero attached hydrogens (tertiary/aromatic N) is 4. The van der Waals surface area contributed by atoms with Crippen LogP contribution in [0.4, 0.5) is 13.2 Å². The molecule has 2 heterocycles. The molecule has 19 heavy (non-hydrogen) atoms. The molecule has 0 bridgehead atoms. The minimum Gasteiger partial charge on any atom is -0.481 e. The van der Waals surface area contributed by atoms with Crippen LogP contribution in [-0.4, -0.2) is 44.5 Å². The van der Waals surface area contributed by atoms with Crippen molar-refractivity contribution in [2.24, 2.45) is 5.41 Å². The number of aliphatic carboxylic acids is 1. The summed E-state index contributed by atoms with van der Waals surface area (Å²) < 4.78 is 43.4. The number of carboxylic acids is 1. The van der Waals surface area contributed by atoms with E-state index in [9.17, 15) is 23.1 Å². The van der Waals surface area contributed by atoms with Crippen molar-refractivity contribution in [3.05, 3.63) is 5.82 Å². The molecule has 10 heteroatoms. The van der Waals surface area contributed by atoms with Crippen LogP contribution in [0.5, 0.6) is 0 Å². The van der Waals surface area contributed by atoms with Crippen LogP contribution in [0.3, 0.4) is 0 Å². The van der Waals surface area contributed by atoms with Crippen LogP contribution in [-0.2, 0) is 22.3 Å². The van der Waals surface area contributed by atoms with Gasteiger partial charge in [-0.1, -0.05) is 0 Å². The lowest BCUT2D eigenvalue weighted by Crippen LogP contribution is -2.41. The third kappa shape index (κ3) is 2.67. The molecule has 0 aliphatic carbocycles. The lowest BCUT2D eigenvalue weighted by molar-refractivity contribution is -0.160. The number of aromatic nitrogens is 4. The molecule has 0 atom stereocenters. The molecule has 0 amide bonds. The fourth-order valence-electron chi connectivity index (χ4n) is 2.00. The van der Waals surface area contributed by atoms with Crippen molar-refractivity contribution in [1.82, 2.24) is 20.2 Å². The summed E-state index contributed by atoms with van der Waals surface area (Å²) in [5, 5.41) is 18.4. The van der Waals surface area contributed by atoms with E-state index < -0.39 is 29.9 Å². The highest BCUT2D eigenvalue weighted by Crippen LogP contribution is 2.34. The molecule has 0 radical (unpaired) electrons. The summed E-state index contributed by atoms with van der Waals surface area (Å²) in [6, 6.07) is 0. The maximum Gasteiger partial charge on any atom is 0.453 e. The molecule has 0 saturated carbocycles. The van der Waals surface area contributed by atoms with Gasteiger partial charge in [0.05, 0.1) is 12.0 Å². The van der Waals surface area contributed by atoms with Gasteiger partial charge in [0.15, 0.2) is 0 Å². The van der Waals surface area contributed by atoms with Crippen LogP contribution < -0.4 is 0 Å². The Morgan fingerprint density at radius 2 is 2.05 bits per heavy atom. The number of hydrogen-bond donors (Lipinski definition) is 1. The monoisotopic (exact) mass is 280 g/mol. The van der Waals surface area contributed by atoms with E-state index in [1.54, 1.807) is 0 Å². The standard InChI is InChI=1S/C9H11F3N4O3/c10-9(11,12)6-13-14-15-16(6)5-8(7(17)18)1-3-19-4-2-8/h1-5H2,(H,17,18). The highest BCUT2D eigenvalue weighted by Gasteiger charge is 2.45. The number of carboxylic acid groups (broad SMARTS) is 1. The molecule has 1 aromatic heterocycles. The first kappa shape index (κ1) is 13.7. The molecule has 1 aromatic rings. The molecular formula is C9H11F3N4O3. The zero-order valence-corrected chi connectivity index (χ0v) is 9.72. The molecule has 106 valence electrons. The molecule has 0 aromatic carbocycles. The number of halogens is 3. The van der Waals surface area contributed by atoms with E-state index in [2.05, 4.69) is 15.5 Å². The third-order valence-electron chi connectivity index (χ3n) is 3.14. The van der Waals surface area contributed by atoms with Gasteiger partial charge in [-0.3, -0.25) is 4.79 Å². The maximum absolute atomic E-state index is 12.6. The van der Waals surface area contributed by atoms with E-state index in [0.29, 0.717) is 4.68 Å². The summed E-state index contributed by atoms with van der Waals surface area (Å²) in [5.41, 5.74) is -1.33. The quantitative estimate of drug-likeness (QED) is 0.870. The molecule has 0 spiro atoms. The number of tetrazole rings is 1. The van der Waals surface area contributed by atoms with Crippen LogP contribution in [0.1, 0.15) is 18.7 Å². The molecule has 1 fully saturated rings. The molecule has 1 saturated heterocycles. The van der Waals surface area contributed by atoms with Crippen molar-refractivity contribution >= 4 is 5.97 Å². The highest BCUT2D eigenvalue weighted by molar-refractivity contribution is 5.74. The highest BCUT2D eigenvalue weighted by atomic mass is 19.4. The van der Waals surface area contributed by atoms with Crippen LogP contribution in [0, 0.1) is 5.41 Å². The molecular weight excluding hydrogens is 269 g/mol. The van der Waals surface area contributed by atoms with Gasteiger partial charge in [0, 0.05) is 13.2 Å². The predicted molar refractivity (Wildman–Crippen MR) is 52.9 cm³/mol. The minimum absolute atomic E-state index is 0.124. The Hall–Kier alpha value is -1.71. The number of carbonyl (C=O) groups is 1. The lowest BCUT2D eigenvalue weighted by atomic mass is 9.80. The second kappa shape index (κ2) is 4.76. The van der Waals surface area contributed by atoms with Gasteiger partial charge < -0.3 is 9.84 Å². The summed E-state index contributed by atoms with van der Waals surface area (Å²) in [7, 11) is 0. The van der Waals surface area contributed by atoms with E-state index >= 15 is 0 Å². The Morgan fingerprint density at radius 3 is 2.58 bits per heavy atom. The molecule has 0 unspecified atom stereocenters. The molecule has 1 aliphatic heterocycles. The zero-order chi connectivity index (χ0) is 14.1. The number of rotatable bonds is 3. The summed E-state index contributed by atoms with van der Waals surface area (Å²) in [4.78, 5) is 11.3. The zero-order valence-electron chi connectivity index (χ0n) is 9.72. The average molecular weight is 280 g/mol. The lowest BCUT2D eigenvalue weighted by Gasteiger charge is -2.32. The topological polar surface area (TPSA) is 90.1 Å². The first-order valence-electron chi connectivity index (χ1n) is 5.50. The Morgan fingerprint density at radius 1 is 1.42 bits per heavy atom. The minimum atomic E-state index is -4.71. The van der Waals surface area contributed by atoms with Gasteiger partial charge in [0.2, 0.25) is 0 Å². The predicted octanol–water partition coefficient (Wildman–Crippen LogP) is 0.573. The van der Waals surface area contributed by atoms with E-state index in [0.717, 1.165) is 0 Å². The fraction of sp³-hybridized carbons (Fsp3) is 0.778. The Kier molecular flexibility index (Phi) is 3.43. The van der Waals surface area contributed by atoms with E-state index in [-0.39, 0.29) is 26.1 Å². The molecule has 7 nitrogen and oxygen atoms in total. The van der Waals surface area contributed by atoms with Crippen molar-refractivity contribution in [3.63, 3.8) is 0 Å². The summed E-state index contributed by atoms with van der Waals surface area (Å²) in [5.74, 6) is -2.46. The van der Waals surface area contributed by atoms with Gasteiger partial charge in [0.25, 0.3) is 5.82 Å². The van der Waals surface area contributed by atoms with Gasteiger partial charge in [-0.15, -0.1) is 5.10 Å². The van der Waals surface area contributed by atoms with Crippen LogP contribution in [0.15, 0.2) is 0 Å². The summed E-state index contributed by atoms with van der Waals surface area (Å²) in [6.07, 6.45) is -4.46. The van der Waals surface area contributed by atoms with Crippen molar-refractivity contribution in [1.29, 1.82) is 0 Å². The van der Waals surface area contributed by atoms with Gasteiger partial charge in [-0.05, 0) is 23.3 Å². The van der Waals surface area contributed by atoms with Crippen LogP contribution >= 0.6 is 0 Å². The van der Waals surface area contributed by atoms with Gasteiger partial charge in [-0.25, -0.2) is 4.68 Å². The fourth-order valence-corrected chi connectivity index (χ4v) is 2.00. The van der Waals surface area contributed by atoms with Gasteiger partial charge >= 0.3 is 12.1 Å². The Labute approximate surface area is 105 Å². The van der Waals surface area contributed by atoms with E-state index in [4.69, 9.17) is 4.74 Å².